The van der Waals surface area contributed by atoms with Crippen LogP contribution in [-0.4, -0.2) is 70.8 Å². The third-order valence-electron chi connectivity index (χ3n) is 7.16. The van der Waals surface area contributed by atoms with Crippen LogP contribution < -0.4 is 10.2 Å². The van der Waals surface area contributed by atoms with Gasteiger partial charge < -0.3 is 20.2 Å². The lowest BCUT2D eigenvalue weighted by molar-refractivity contribution is -0.126. The summed E-state index contributed by atoms with van der Waals surface area (Å²) in [5, 5.41) is 13.9. The molecule has 2 bridgehead atoms. The molecule has 5 rings (SSSR count). The van der Waals surface area contributed by atoms with Gasteiger partial charge in [0, 0.05) is 50.6 Å². The van der Waals surface area contributed by atoms with Gasteiger partial charge in [-0.1, -0.05) is 6.07 Å². The summed E-state index contributed by atoms with van der Waals surface area (Å²) in [4.78, 5) is 24.4. The Morgan fingerprint density at radius 1 is 1.26 bits per heavy atom. The van der Waals surface area contributed by atoms with Gasteiger partial charge in [-0.15, -0.1) is 0 Å². The standard InChI is InChI=1S/C23H28FN5O2/c1-28-12-14(8-22(28)31)13-3-5-16(20(30)7-13)18-10-26-21(11-25-18)29(2)19-9-15-4-6-17(27-15)23(19)24/h3,5,7,10-11,14-15,17,19,23,27,30H,4,6,8-9,12H2,1-2H3/t14-,15+,17-,19+,23-/m0/s1. The molecule has 3 aliphatic rings. The molecule has 1 aromatic carbocycles. The number of carbonyl (C=O) groups excluding carboxylic acids is 1. The zero-order chi connectivity index (χ0) is 21.7. The van der Waals surface area contributed by atoms with Crippen LogP contribution in [0.1, 0.15) is 37.2 Å². The first kappa shape index (κ1) is 20.2. The first-order valence-electron chi connectivity index (χ1n) is 10.9. The zero-order valence-electron chi connectivity index (χ0n) is 17.8. The summed E-state index contributed by atoms with van der Waals surface area (Å²) < 4.78 is 14.9. The second-order valence-corrected chi connectivity index (χ2v) is 9.12. The number of likely N-dealkylation sites (tertiary alicyclic amines) is 1. The highest BCUT2D eigenvalue weighted by molar-refractivity contribution is 5.79. The largest absolute Gasteiger partial charge is 0.507 e. The van der Waals surface area contributed by atoms with Crippen LogP contribution in [0.2, 0.25) is 0 Å². The Kier molecular flexibility index (Phi) is 5.04. The fourth-order valence-corrected chi connectivity index (χ4v) is 5.27. The Labute approximate surface area is 181 Å². The molecule has 3 aliphatic heterocycles. The summed E-state index contributed by atoms with van der Waals surface area (Å²) in [6.45, 7) is 0.659. The van der Waals surface area contributed by atoms with Crippen LogP contribution in [0.25, 0.3) is 11.3 Å². The number of benzene rings is 1. The number of aromatic nitrogens is 2. The normalized spacial score (nSPS) is 30.1. The number of amides is 1. The number of carbonyl (C=O) groups is 1. The molecule has 4 heterocycles. The number of hydrogen-bond donors (Lipinski definition) is 2. The molecule has 7 nitrogen and oxygen atoms in total. The number of likely N-dealkylation sites (N-methyl/N-ethyl adjacent to an activating group) is 1. The Hall–Kier alpha value is -2.74. The minimum atomic E-state index is -0.927. The highest BCUT2D eigenvalue weighted by Crippen LogP contribution is 2.36. The first-order valence-corrected chi connectivity index (χ1v) is 10.9. The molecule has 164 valence electrons. The smallest absolute Gasteiger partial charge is 0.223 e. The molecule has 0 spiro atoms. The van der Waals surface area contributed by atoms with Crippen molar-refractivity contribution in [2.75, 3.05) is 25.5 Å². The van der Waals surface area contributed by atoms with E-state index < -0.39 is 6.17 Å². The van der Waals surface area contributed by atoms with Gasteiger partial charge in [-0.3, -0.25) is 9.78 Å². The van der Waals surface area contributed by atoms with Gasteiger partial charge in [0.05, 0.1) is 24.1 Å². The third kappa shape index (κ3) is 3.63. The highest BCUT2D eigenvalue weighted by atomic mass is 19.1. The van der Waals surface area contributed by atoms with Crippen molar-refractivity contribution in [3.63, 3.8) is 0 Å². The molecular formula is C23H28FN5O2. The van der Waals surface area contributed by atoms with E-state index in [1.54, 1.807) is 30.4 Å². The summed E-state index contributed by atoms with van der Waals surface area (Å²) in [5.74, 6) is 0.958. The van der Waals surface area contributed by atoms with Crippen LogP contribution >= 0.6 is 0 Å². The minimum absolute atomic E-state index is 0.0659. The van der Waals surface area contributed by atoms with E-state index in [1.807, 2.05) is 24.1 Å². The number of aromatic hydroxyl groups is 1. The van der Waals surface area contributed by atoms with Crippen molar-refractivity contribution < 1.29 is 14.3 Å². The summed E-state index contributed by atoms with van der Waals surface area (Å²) in [6.07, 6.45) is 5.48. The topological polar surface area (TPSA) is 81.6 Å². The van der Waals surface area contributed by atoms with Crippen molar-refractivity contribution in [1.82, 2.24) is 20.2 Å². The Morgan fingerprint density at radius 3 is 2.77 bits per heavy atom. The van der Waals surface area contributed by atoms with Crippen molar-refractivity contribution >= 4 is 11.7 Å². The molecule has 31 heavy (non-hydrogen) atoms. The summed E-state index contributed by atoms with van der Waals surface area (Å²) in [6, 6.07) is 5.58. The van der Waals surface area contributed by atoms with Gasteiger partial charge >= 0.3 is 0 Å². The summed E-state index contributed by atoms with van der Waals surface area (Å²) in [5.41, 5.74) is 2.09. The Morgan fingerprint density at radius 2 is 2.10 bits per heavy atom. The van der Waals surface area contributed by atoms with Crippen molar-refractivity contribution in [2.45, 2.75) is 55.9 Å². The summed E-state index contributed by atoms with van der Waals surface area (Å²) in [7, 11) is 3.67. The van der Waals surface area contributed by atoms with Crippen molar-refractivity contribution in [2.24, 2.45) is 0 Å². The molecule has 8 heteroatoms. The number of phenolic OH excluding ortho intramolecular Hbond substituents is 1. The van der Waals surface area contributed by atoms with E-state index >= 15 is 0 Å². The van der Waals surface area contributed by atoms with Crippen LogP contribution in [0.5, 0.6) is 5.75 Å². The van der Waals surface area contributed by atoms with E-state index in [0.717, 1.165) is 24.8 Å². The number of halogens is 1. The Bertz CT molecular complexity index is 984. The maximum absolute atomic E-state index is 14.9. The lowest BCUT2D eigenvalue weighted by Crippen LogP contribution is -2.55. The van der Waals surface area contributed by atoms with Crippen LogP contribution in [0.4, 0.5) is 10.2 Å². The van der Waals surface area contributed by atoms with E-state index in [0.29, 0.717) is 36.1 Å². The molecule has 3 saturated heterocycles. The fraction of sp³-hybridized carbons (Fsp3) is 0.522. The molecule has 5 atom stereocenters. The van der Waals surface area contributed by atoms with Crippen LogP contribution in [0.3, 0.4) is 0 Å². The van der Waals surface area contributed by atoms with Crippen LogP contribution in [0.15, 0.2) is 30.6 Å². The molecule has 1 amide bonds. The minimum Gasteiger partial charge on any atom is -0.507 e. The predicted molar refractivity (Wildman–Crippen MR) is 116 cm³/mol. The molecule has 0 aliphatic carbocycles. The number of nitrogens with zero attached hydrogens (tertiary/aromatic N) is 4. The van der Waals surface area contributed by atoms with Crippen LogP contribution in [0, 0.1) is 0 Å². The number of anilines is 1. The van der Waals surface area contributed by atoms with E-state index in [2.05, 4.69) is 15.3 Å². The maximum Gasteiger partial charge on any atom is 0.223 e. The van der Waals surface area contributed by atoms with Crippen molar-refractivity contribution in [3.8, 4) is 17.0 Å². The number of hydrogen-bond acceptors (Lipinski definition) is 6. The van der Waals surface area contributed by atoms with Gasteiger partial charge in [0.1, 0.15) is 17.7 Å². The highest BCUT2D eigenvalue weighted by Gasteiger charge is 2.43. The van der Waals surface area contributed by atoms with Gasteiger partial charge in [0.15, 0.2) is 0 Å². The molecular weight excluding hydrogens is 397 g/mol. The lowest BCUT2D eigenvalue weighted by Gasteiger charge is -2.38. The van der Waals surface area contributed by atoms with Gasteiger partial charge in [-0.05, 0) is 37.0 Å². The quantitative estimate of drug-likeness (QED) is 0.783. The zero-order valence-corrected chi connectivity index (χ0v) is 17.8. The van der Waals surface area contributed by atoms with Gasteiger partial charge in [-0.2, -0.15) is 0 Å². The van der Waals surface area contributed by atoms with E-state index in [4.69, 9.17) is 0 Å². The second kappa shape index (κ2) is 7.75. The molecule has 0 unspecified atom stereocenters. The number of phenols is 1. The number of fused-ring (bicyclic) bond motifs is 2. The van der Waals surface area contributed by atoms with Crippen molar-refractivity contribution in [1.29, 1.82) is 0 Å². The van der Waals surface area contributed by atoms with E-state index in [-0.39, 0.29) is 29.7 Å². The maximum atomic E-state index is 14.9. The van der Waals surface area contributed by atoms with E-state index in [1.165, 1.54) is 0 Å². The first-order chi connectivity index (χ1) is 14.9. The molecule has 3 fully saturated rings. The Balaban J connectivity index is 1.32. The van der Waals surface area contributed by atoms with Crippen LogP contribution in [-0.2, 0) is 4.79 Å². The molecule has 1 aromatic heterocycles. The average Bonchev–Trinajstić information content (AvgIpc) is 3.34. The van der Waals surface area contributed by atoms with Gasteiger partial charge in [0.2, 0.25) is 5.91 Å². The van der Waals surface area contributed by atoms with E-state index in [9.17, 15) is 14.3 Å². The second-order valence-electron chi connectivity index (χ2n) is 9.12. The molecule has 0 saturated carbocycles. The summed E-state index contributed by atoms with van der Waals surface area (Å²) >= 11 is 0. The lowest BCUT2D eigenvalue weighted by atomic mass is 9.96. The van der Waals surface area contributed by atoms with Gasteiger partial charge in [0.25, 0.3) is 0 Å². The average molecular weight is 426 g/mol. The predicted octanol–water partition coefficient (Wildman–Crippen LogP) is 2.46. The number of piperidine rings is 1. The van der Waals surface area contributed by atoms with Gasteiger partial charge in [-0.25, -0.2) is 9.37 Å². The number of rotatable bonds is 4. The number of alkyl halides is 1. The monoisotopic (exact) mass is 425 g/mol. The SMILES string of the molecule is CN1C[C@@H](c2ccc(-c3cnc(N(C)[C@@H]4C[C@H]5CC[C@H](N5)[C@@H]4F)cn3)c(O)c2)CC1=O. The molecule has 2 aromatic rings. The molecule has 0 radical (unpaired) electrons. The number of nitrogens with one attached hydrogen (secondary N) is 1. The fourth-order valence-electron chi connectivity index (χ4n) is 5.27. The van der Waals surface area contributed by atoms with Crippen molar-refractivity contribution in [3.05, 3.63) is 36.2 Å². The molecule has 2 N–H and O–H groups in total. The third-order valence-corrected chi connectivity index (χ3v) is 7.16.